The fourth-order valence-electron chi connectivity index (χ4n) is 4.34. The van der Waals surface area contributed by atoms with Gasteiger partial charge in [-0.25, -0.2) is 4.98 Å². The van der Waals surface area contributed by atoms with Crippen LogP contribution in [-0.2, 0) is 17.6 Å². The summed E-state index contributed by atoms with van der Waals surface area (Å²) in [4.78, 5) is 24.6. The molecule has 0 aliphatic heterocycles. The number of carbonyl (C=O) groups is 1. The third kappa shape index (κ3) is 4.79. The number of fused-ring (bicyclic) bond motifs is 3. The molecule has 0 radical (unpaired) electrons. The molecule has 0 bridgehead atoms. The normalized spacial score (nSPS) is 12.6. The van der Waals surface area contributed by atoms with Crippen molar-refractivity contribution in [2.75, 3.05) is 33.3 Å². The number of thiophene rings is 1. The van der Waals surface area contributed by atoms with E-state index in [2.05, 4.69) is 5.32 Å². The van der Waals surface area contributed by atoms with Gasteiger partial charge in [0.1, 0.15) is 10.6 Å². The Morgan fingerprint density at radius 2 is 1.72 bits per heavy atom. The number of amides is 1. The number of aryl methyl sites for hydroxylation is 2. The van der Waals surface area contributed by atoms with Gasteiger partial charge in [0.2, 0.25) is 5.88 Å². The molecule has 36 heavy (non-hydrogen) atoms. The molecular weight excluding hydrogens is 478 g/mol. The predicted octanol–water partition coefficient (Wildman–Crippen LogP) is 5.28. The third-order valence-electron chi connectivity index (χ3n) is 6.14. The van der Waals surface area contributed by atoms with Crippen molar-refractivity contribution < 1.29 is 23.7 Å². The number of benzene rings is 2. The van der Waals surface area contributed by atoms with Crippen LogP contribution >= 0.6 is 11.3 Å². The lowest BCUT2D eigenvalue weighted by atomic mass is 9.97. The van der Waals surface area contributed by atoms with E-state index >= 15 is 0 Å². The molecule has 1 amide bonds. The van der Waals surface area contributed by atoms with Gasteiger partial charge in [-0.15, -0.1) is 11.3 Å². The Labute approximate surface area is 213 Å². The van der Waals surface area contributed by atoms with Gasteiger partial charge < -0.3 is 24.3 Å². The highest BCUT2D eigenvalue weighted by Crippen LogP contribution is 2.40. The van der Waals surface area contributed by atoms with E-state index in [0.717, 1.165) is 40.8 Å². The lowest BCUT2D eigenvalue weighted by molar-refractivity contribution is -0.118. The number of methoxy groups -OCH3 is 3. The Morgan fingerprint density at radius 3 is 2.47 bits per heavy atom. The summed E-state index contributed by atoms with van der Waals surface area (Å²) in [6, 6.07) is 12.8. The second-order valence-corrected chi connectivity index (χ2v) is 9.46. The second-order valence-electron chi connectivity index (χ2n) is 8.38. The van der Waals surface area contributed by atoms with Gasteiger partial charge in [0.25, 0.3) is 5.91 Å². The molecule has 1 N–H and O–H groups in total. The number of nitrogens with one attached hydrogen (secondary N) is 1. The van der Waals surface area contributed by atoms with Gasteiger partial charge in [-0.2, -0.15) is 4.98 Å². The molecule has 0 unspecified atom stereocenters. The van der Waals surface area contributed by atoms with Gasteiger partial charge in [0.05, 0.1) is 26.7 Å². The van der Waals surface area contributed by atoms with E-state index < -0.39 is 0 Å². The predicted molar refractivity (Wildman–Crippen MR) is 140 cm³/mol. The highest BCUT2D eigenvalue weighted by atomic mass is 32.1. The summed E-state index contributed by atoms with van der Waals surface area (Å²) in [6.45, 7) is -0.187. The fourth-order valence-corrected chi connectivity index (χ4v) is 5.59. The van der Waals surface area contributed by atoms with Crippen molar-refractivity contribution >= 4 is 33.1 Å². The molecule has 4 aromatic rings. The average molecular weight is 506 g/mol. The molecule has 0 fully saturated rings. The molecule has 1 aliphatic carbocycles. The first-order valence-corrected chi connectivity index (χ1v) is 12.5. The maximum absolute atomic E-state index is 12.8. The van der Waals surface area contributed by atoms with Crippen molar-refractivity contribution in [3.8, 4) is 34.5 Å². The number of nitrogens with zero attached hydrogens (tertiary/aromatic N) is 2. The zero-order valence-electron chi connectivity index (χ0n) is 20.4. The van der Waals surface area contributed by atoms with Crippen molar-refractivity contribution in [1.29, 1.82) is 0 Å². The molecule has 9 heteroatoms. The maximum Gasteiger partial charge on any atom is 0.262 e. The van der Waals surface area contributed by atoms with E-state index in [9.17, 15) is 4.79 Å². The summed E-state index contributed by atoms with van der Waals surface area (Å²) in [6.07, 6.45) is 4.29. The quantitative estimate of drug-likeness (QED) is 0.348. The summed E-state index contributed by atoms with van der Waals surface area (Å²) >= 11 is 1.69. The van der Waals surface area contributed by atoms with Crippen molar-refractivity contribution in [3.05, 3.63) is 52.9 Å². The Kier molecular flexibility index (Phi) is 6.90. The standard InChI is InChI=1S/C27H27N3O5S/c1-32-18-11-8-16(9-12-18)25-29-26(24-19-6-4-5-7-22(19)36-27(24)30-25)35-15-23(31)28-17-10-13-20(33-2)21(14-17)34-3/h8-14H,4-7,15H2,1-3H3,(H,28,31). The number of anilines is 1. The SMILES string of the molecule is COc1ccc(-c2nc(OCC(=O)Nc3ccc(OC)c(OC)c3)c3c4c(sc3n2)CCCC4)cc1. The Morgan fingerprint density at radius 1 is 0.944 bits per heavy atom. The van der Waals surface area contributed by atoms with Crippen molar-refractivity contribution in [1.82, 2.24) is 9.97 Å². The van der Waals surface area contributed by atoms with E-state index in [4.69, 9.17) is 28.9 Å². The number of aromatic nitrogens is 2. The van der Waals surface area contributed by atoms with E-state index in [0.29, 0.717) is 28.9 Å². The molecule has 0 atom stereocenters. The summed E-state index contributed by atoms with van der Waals surface area (Å²) in [7, 11) is 4.75. The largest absolute Gasteiger partial charge is 0.497 e. The van der Waals surface area contributed by atoms with Crippen LogP contribution in [-0.4, -0.2) is 43.8 Å². The smallest absolute Gasteiger partial charge is 0.262 e. The molecule has 2 heterocycles. The van der Waals surface area contributed by atoms with Gasteiger partial charge >= 0.3 is 0 Å². The zero-order chi connectivity index (χ0) is 25.1. The highest BCUT2D eigenvalue weighted by Gasteiger charge is 2.23. The van der Waals surface area contributed by atoms with E-state index in [1.165, 1.54) is 16.9 Å². The zero-order valence-corrected chi connectivity index (χ0v) is 21.2. The minimum atomic E-state index is -0.302. The summed E-state index contributed by atoms with van der Waals surface area (Å²) in [5, 5.41) is 3.77. The van der Waals surface area contributed by atoms with Crippen molar-refractivity contribution in [2.45, 2.75) is 25.7 Å². The van der Waals surface area contributed by atoms with Crippen LogP contribution in [0.4, 0.5) is 5.69 Å². The first-order valence-electron chi connectivity index (χ1n) is 11.7. The second kappa shape index (κ2) is 10.4. The van der Waals surface area contributed by atoms with Crippen LogP contribution in [0.1, 0.15) is 23.3 Å². The number of hydrogen-bond acceptors (Lipinski definition) is 8. The van der Waals surface area contributed by atoms with Crippen molar-refractivity contribution in [3.63, 3.8) is 0 Å². The van der Waals surface area contributed by atoms with E-state index in [1.807, 2.05) is 24.3 Å². The Bertz CT molecular complexity index is 1400. The third-order valence-corrected chi connectivity index (χ3v) is 7.32. The number of hydrogen-bond donors (Lipinski definition) is 1. The van der Waals surface area contributed by atoms with Gasteiger partial charge in [-0.05, 0) is 67.6 Å². The van der Waals surface area contributed by atoms with Gasteiger partial charge in [0.15, 0.2) is 23.9 Å². The fraction of sp³-hybridized carbons (Fsp3) is 0.296. The van der Waals surface area contributed by atoms with E-state index in [-0.39, 0.29) is 12.5 Å². The van der Waals surface area contributed by atoms with Crippen molar-refractivity contribution in [2.24, 2.45) is 0 Å². The molecule has 0 saturated carbocycles. The molecule has 0 saturated heterocycles. The molecule has 2 aromatic heterocycles. The van der Waals surface area contributed by atoms with Crippen LogP contribution in [0.25, 0.3) is 21.6 Å². The van der Waals surface area contributed by atoms with Crippen LogP contribution in [0.3, 0.4) is 0 Å². The lowest BCUT2D eigenvalue weighted by Gasteiger charge is -2.13. The monoisotopic (exact) mass is 505 g/mol. The minimum absolute atomic E-state index is 0.187. The first-order chi connectivity index (χ1) is 17.6. The molecule has 5 rings (SSSR count). The molecular formula is C27H27N3O5S. The molecule has 2 aromatic carbocycles. The minimum Gasteiger partial charge on any atom is -0.497 e. The number of ether oxygens (including phenoxy) is 4. The summed E-state index contributed by atoms with van der Waals surface area (Å²) in [5.41, 5.74) is 2.68. The Balaban J connectivity index is 1.43. The number of rotatable bonds is 8. The van der Waals surface area contributed by atoms with Gasteiger partial charge in [0, 0.05) is 22.2 Å². The Hall–Kier alpha value is -3.85. The summed E-state index contributed by atoms with van der Waals surface area (Å²) < 4.78 is 21.9. The molecule has 8 nitrogen and oxygen atoms in total. The van der Waals surface area contributed by atoms with Crippen LogP contribution in [0.15, 0.2) is 42.5 Å². The number of carbonyl (C=O) groups excluding carboxylic acids is 1. The van der Waals surface area contributed by atoms with Crippen LogP contribution in [0.2, 0.25) is 0 Å². The maximum atomic E-state index is 12.8. The van der Waals surface area contributed by atoms with Crippen LogP contribution in [0.5, 0.6) is 23.1 Å². The highest BCUT2D eigenvalue weighted by molar-refractivity contribution is 7.18. The van der Waals surface area contributed by atoms with E-state index in [1.54, 1.807) is 50.9 Å². The molecule has 186 valence electrons. The van der Waals surface area contributed by atoms with Crippen LogP contribution < -0.4 is 24.3 Å². The summed E-state index contributed by atoms with van der Waals surface area (Å²) in [5.74, 6) is 2.57. The molecule has 1 aliphatic rings. The molecule has 0 spiro atoms. The topological polar surface area (TPSA) is 91.8 Å². The average Bonchev–Trinajstić information content (AvgIpc) is 3.30. The van der Waals surface area contributed by atoms with Crippen LogP contribution in [0, 0.1) is 0 Å². The van der Waals surface area contributed by atoms with Gasteiger partial charge in [-0.3, -0.25) is 4.79 Å². The first kappa shape index (κ1) is 23.9. The van der Waals surface area contributed by atoms with Gasteiger partial charge in [-0.1, -0.05) is 0 Å². The lowest BCUT2D eigenvalue weighted by Crippen LogP contribution is -2.20.